The molecule has 1 heteroatoms. The van der Waals surface area contributed by atoms with Gasteiger partial charge in [-0.3, -0.25) is 0 Å². The Bertz CT molecular complexity index is 558. The lowest BCUT2D eigenvalue weighted by Crippen LogP contribution is -2.06. The van der Waals surface area contributed by atoms with Gasteiger partial charge in [0.15, 0.2) is 0 Å². The van der Waals surface area contributed by atoms with Crippen LogP contribution in [0.2, 0.25) is 0 Å². The van der Waals surface area contributed by atoms with Crippen LogP contribution in [0.25, 0.3) is 12.2 Å². The Labute approximate surface area is 115 Å². The van der Waals surface area contributed by atoms with Crippen LogP contribution < -0.4 is 15.8 Å². The summed E-state index contributed by atoms with van der Waals surface area (Å²) in [6, 6.07) is 16.9. The monoisotopic (exact) mass is 251 g/mol. The second kappa shape index (κ2) is 6.79. The van der Waals surface area contributed by atoms with E-state index in [2.05, 4.69) is 61.6 Å². The molecule has 0 spiro atoms. The third-order valence-electron chi connectivity index (χ3n) is 2.97. The minimum atomic E-state index is 1.11. The number of hydrogen-bond acceptors (Lipinski definition) is 1. The third-order valence-corrected chi connectivity index (χ3v) is 2.97. The Kier molecular flexibility index (Phi) is 4.79. The van der Waals surface area contributed by atoms with Crippen LogP contribution >= 0.6 is 0 Å². The lowest BCUT2D eigenvalue weighted by molar-refractivity contribution is 1.27. The first-order valence-corrected chi connectivity index (χ1v) is 6.95. The van der Waals surface area contributed by atoms with Gasteiger partial charge in [0.25, 0.3) is 0 Å². The minimum absolute atomic E-state index is 1.11. The molecule has 4 rings (SSSR count). The number of fused-ring (bicyclic) bond motifs is 2. The van der Waals surface area contributed by atoms with Gasteiger partial charge in [-0.05, 0) is 41.5 Å². The van der Waals surface area contributed by atoms with Gasteiger partial charge < -0.3 is 5.32 Å². The highest BCUT2D eigenvalue weighted by atomic mass is 14.9. The second-order valence-electron chi connectivity index (χ2n) is 4.60. The fourth-order valence-corrected chi connectivity index (χ4v) is 2.00. The van der Waals surface area contributed by atoms with Crippen LogP contribution in [0.4, 0.5) is 11.4 Å². The van der Waals surface area contributed by atoms with E-state index in [0.29, 0.717) is 0 Å². The molecule has 1 nitrogen and oxygen atoms in total. The maximum Gasteiger partial charge on any atom is 0.0405 e. The second-order valence-corrected chi connectivity index (χ2v) is 4.60. The van der Waals surface area contributed by atoms with Gasteiger partial charge in [0, 0.05) is 11.4 Å². The van der Waals surface area contributed by atoms with Crippen molar-refractivity contribution in [3.63, 3.8) is 0 Å². The third kappa shape index (κ3) is 3.99. The zero-order chi connectivity index (χ0) is 13.5. The molecule has 2 aromatic rings. The average molecular weight is 251 g/mol. The molecule has 1 N–H and O–H groups in total. The molecule has 0 atom stereocenters. The SMILES string of the molecule is CCC=c1ccc(=CCC)cc1.c1cc2cc(c1)N2. The zero-order valence-corrected chi connectivity index (χ0v) is 11.7. The molecule has 0 saturated heterocycles. The van der Waals surface area contributed by atoms with E-state index < -0.39 is 0 Å². The van der Waals surface area contributed by atoms with Crippen LogP contribution in [0.1, 0.15) is 26.7 Å². The molecule has 0 unspecified atom stereocenters. The fourth-order valence-electron chi connectivity index (χ4n) is 2.00. The van der Waals surface area contributed by atoms with Gasteiger partial charge >= 0.3 is 0 Å². The van der Waals surface area contributed by atoms with Crippen molar-refractivity contribution in [2.24, 2.45) is 0 Å². The van der Waals surface area contributed by atoms with Crippen LogP contribution in [0.15, 0.2) is 48.5 Å². The van der Waals surface area contributed by atoms with E-state index >= 15 is 0 Å². The molecule has 19 heavy (non-hydrogen) atoms. The predicted molar refractivity (Wildman–Crippen MR) is 84.9 cm³/mol. The van der Waals surface area contributed by atoms with E-state index in [-0.39, 0.29) is 0 Å². The maximum absolute atomic E-state index is 3.11. The number of rotatable bonds is 2. The molecule has 0 aliphatic carbocycles. The highest BCUT2D eigenvalue weighted by Gasteiger charge is 2.02. The average Bonchev–Trinajstić information content (AvgIpc) is 2.43. The number of nitrogens with one attached hydrogen (secondary N) is 1. The lowest BCUT2D eigenvalue weighted by Gasteiger charge is -2.15. The Morgan fingerprint density at radius 2 is 1.21 bits per heavy atom. The summed E-state index contributed by atoms with van der Waals surface area (Å²) in [5, 5.41) is 5.76. The van der Waals surface area contributed by atoms with Crippen LogP contribution in [-0.4, -0.2) is 0 Å². The summed E-state index contributed by atoms with van der Waals surface area (Å²) in [6.07, 6.45) is 6.68. The van der Waals surface area contributed by atoms with Crippen molar-refractivity contribution in [3.8, 4) is 0 Å². The smallest absolute Gasteiger partial charge is 0.0405 e. The fraction of sp³-hybridized carbons (Fsp3) is 0.222. The van der Waals surface area contributed by atoms with Gasteiger partial charge in [-0.2, -0.15) is 0 Å². The molecule has 0 aromatic heterocycles. The van der Waals surface area contributed by atoms with Gasteiger partial charge in [0.2, 0.25) is 0 Å². The largest absolute Gasteiger partial charge is 0.355 e. The van der Waals surface area contributed by atoms with Gasteiger partial charge in [-0.15, -0.1) is 0 Å². The summed E-state index contributed by atoms with van der Waals surface area (Å²) in [4.78, 5) is 0. The minimum Gasteiger partial charge on any atom is -0.355 e. The predicted octanol–water partition coefficient (Wildman–Crippen LogP) is 3.81. The van der Waals surface area contributed by atoms with Crippen molar-refractivity contribution < 1.29 is 0 Å². The quantitative estimate of drug-likeness (QED) is 0.730. The molecule has 98 valence electrons. The van der Waals surface area contributed by atoms with Gasteiger partial charge in [-0.1, -0.05) is 56.3 Å². The maximum atomic E-state index is 3.11. The summed E-state index contributed by atoms with van der Waals surface area (Å²) >= 11 is 0. The first-order chi connectivity index (χ1) is 9.31. The highest BCUT2D eigenvalue weighted by molar-refractivity contribution is 5.73. The van der Waals surface area contributed by atoms with Crippen molar-refractivity contribution in [3.05, 3.63) is 59.0 Å². The molecule has 2 aliphatic heterocycles. The standard InChI is InChI=1S/C12H16.C6H5N/c1-3-5-11-7-9-12(6-4-2)10-8-11;1-2-5-4-6(3-1)7-5/h5-10H,3-4H2,1-2H3;1-4,7H. The van der Waals surface area contributed by atoms with Gasteiger partial charge in [-0.25, -0.2) is 0 Å². The normalized spacial score (nSPS) is 10.4. The summed E-state index contributed by atoms with van der Waals surface area (Å²) in [7, 11) is 0. The molecule has 2 aromatic carbocycles. The summed E-state index contributed by atoms with van der Waals surface area (Å²) in [6.45, 7) is 4.32. The van der Waals surface area contributed by atoms with Gasteiger partial charge in [0.1, 0.15) is 0 Å². The van der Waals surface area contributed by atoms with Crippen molar-refractivity contribution >= 4 is 23.5 Å². The van der Waals surface area contributed by atoms with E-state index in [1.165, 1.54) is 21.8 Å². The molecule has 2 heterocycles. The summed E-state index contributed by atoms with van der Waals surface area (Å²) in [5.74, 6) is 0. The zero-order valence-electron chi connectivity index (χ0n) is 11.7. The Balaban J connectivity index is 0.000000159. The Morgan fingerprint density at radius 3 is 1.42 bits per heavy atom. The van der Waals surface area contributed by atoms with Crippen LogP contribution in [0.5, 0.6) is 0 Å². The van der Waals surface area contributed by atoms with Crippen molar-refractivity contribution in [1.82, 2.24) is 0 Å². The number of benzene rings is 2. The molecule has 0 amide bonds. The molecule has 2 bridgehead atoms. The Hall–Kier alpha value is -2.02. The Morgan fingerprint density at radius 1 is 0.789 bits per heavy atom. The van der Waals surface area contributed by atoms with Crippen molar-refractivity contribution in [2.45, 2.75) is 26.7 Å². The van der Waals surface area contributed by atoms with Crippen molar-refractivity contribution in [2.75, 3.05) is 5.32 Å². The molecular formula is C18H21N. The first kappa shape index (κ1) is 13.4. The van der Waals surface area contributed by atoms with E-state index in [0.717, 1.165) is 12.8 Å². The highest BCUT2D eigenvalue weighted by Crippen LogP contribution is 2.27. The van der Waals surface area contributed by atoms with E-state index in [1.54, 1.807) is 0 Å². The molecule has 2 aliphatic rings. The first-order valence-electron chi connectivity index (χ1n) is 6.95. The van der Waals surface area contributed by atoms with Crippen LogP contribution in [0, 0.1) is 0 Å². The van der Waals surface area contributed by atoms with E-state index in [1.807, 2.05) is 18.2 Å². The lowest BCUT2D eigenvalue weighted by atomic mass is 10.2. The van der Waals surface area contributed by atoms with Gasteiger partial charge in [0.05, 0.1) is 0 Å². The summed E-state index contributed by atoms with van der Waals surface area (Å²) < 4.78 is 0. The van der Waals surface area contributed by atoms with E-state index in [9.17, 15) is 0 Å². The number of hydrogen-bond donors (Lipinski definition) is 1. The molecular weight excluding hydrogens is 230 g/mol. The van der Waals surface area contributed by atoms with Crippen LogP contribution in [-0.2, 0) is 0 Å². The molecule has 0 fully saturated rings. The van der Waals surface area contributed by atoms with E-state index in [4.69, 9.17) is 0 Å². The van der Waals surface area contributed by atoms with Crippen LogP contribution in [0.3, 0.4) is 0 Å². The van der Waals surface area contributed by atoms with Crippen molar-refractivity contribution in [1.29, 1.82) is 0 Å². The molecule has 0 radical (unpaired) electrons. The number of anilines is 2. The summed E-state index contributed by atoms with van der Waals surface area (Å²) in [5.41, 5.74) is 2.47. The molecule has 0 saturated carbocycles. The topological polar surface area (TPSA) is 12.0 Å².